The molecule has 3 aliphatic rings. The van der Waals surface area contributed by atoms with E-state index in [1.54, 1.807) is 12.1 Å². The lowest BCUT2D eigenvalue weighted by molar-refractivity contribution is -0.354. The minimum Gasteiger partial charge on any atom is -0.508 e. The zero-order valence-corrected chi connectivity index (χ0v) is 21.8. The van der Waals surface area contributed by atoms with Gasteiger partial charge in [0.25, 0.3) is 0 Å². The van der Waals surface area contributed by atoms with Crippen LogP contribution in [0.25, 0.3) is 0 Å². The van der Waals surface area contributed by atoms with Crippen molar-refractivity contribution in [3.05, 3.63) is 47.5 Å². The number of rotatable bonds is 6. The minimum absolute atomic E-state index is 0.0149. The van der Waals surface area contributed by atoms with E-state index in [2.05, 4.69) is 0 Å². The maximum absolute atomic E-state index is 12.9. The monoisotopic (exact) mass is 580 g/mol. The van der Waals surface area contributed by atoms with Crippen molar-refractivity contribution in [3.8, 4) is 23.0 Å². The Morgan fingerprint density at radius 3 is 2.27 bits per heavy atom. The van der Waals surface area contributed by atoms with Gasteiger partial charge >= 0.3 is 0 Å². The van der Waals surface area contributed by atoms with Gasteiger partial charge in [-0.15, -0.1) is 0 Å². The highest BCUT2D eigenvalue weighted by atomic mass is 16.8. The Kier molecular flexibility index (Phi) is 8.39. The zero-order chi connectivity index (χ0) is 29.6. The Bertz CT molecular complexity index is 1240. The van der Waals surface area contributed by atoms with Gasteiger partial charge in [0.15, 0.2) is 18.2 Å². The molecule has 0 aliphatic carbocycles. The molecule has 2 aromatic carbocycles. The fourth-order valence-electron chi connectivity index (χ4n) is 5.07. The number of aliphatic hydroxyl groups is 6. The van der Waals surface area contributed by atoms with Gasteiger partial charge in [0.05, 0.1) is 19.1 Å². The van der Waals surface area contributed by atoms with E-state index in [0.717, 1.165) is 6.07 Å². The van der Waals surface area contributed by atoms with E-state index in [0.29, 0.717) is 5.56 Å². The molecule has 224 valence electrons. The summed E-state index contributed by atoms with van der Waals surface area (Å²) in [5.74, 6) is -0.947. The highest BCUT2D eigenvalue weighted by molar-refractivity contribution is 6.02. The van der Waals surface area contributed by atoms with Crippen LogP contribution in [0.3, 0.4) is 0 Å². The fourth-order valence-corrected chi connectivity index (χ4v) is 5.07. The van der Waals surface area contributed by atoms with Crippen LogP contribution in [0.1, 0.15) is 35.4 Å². The van der Waals surface area contributed by atoms with Crippen molar-refractivity contribution in [2.75, 3.05) is 6.61 Å². The highest BCUT2D eigenvalue weighted by Gasteiger charge is 2.51. The van der Waals surface area contributed by atoms with Crippen molar-refractivity contribution >= 4 is 5.78 Å². The SMILES string of the molecule is C[C@@H]1OC(O[C@H]2[C@H](Oc3cc(O)c4c(c3)OC(c3ccc(O)cc3)CC4=O)O[C@H](CO)[C@@H](O)[C@@H]2O)[C@H](O)[C@H](O)[C@H]1O. The standard InChI is InChI=1S/C27H32O14/c1-10-20(32)22(34)24(36)26(37-10)41-25-23(35)21(33)18(9-28)40-27(25)38-13-6-14(30)19-15(31)8-16(39-17(19)7-13)11-2-4-12(29)5-3-11/h2-7,10,16,18,20-30,32-36H,8-9H2,1H3/t10-,16?,18+,20-,21+,22+,23-,24+,25+,26?,27+/m0/s1. The molecule has 3 heterocycles. The van der Waals surface area contributed by atoms with Gasteiger partial charge < -0.3 is 64.5 Å². The van der Waals surface area contributed by atoms with Crippen LogP contribution in [-0.2, 0) is 14.2 Å². The van der Waals surface area contributed by atoms with Crippen LogP contribution in [-0.4, -0.2) is 115 Å². The number of benzene rings is 2. The molecule has 14 nitrogen and oxygen atoms in total. The quantitative estimate of drug-likeness (QED) is 0.202. The smallest absolute Gasteiger partial charge is 0.229 e. The molecule has 2 fully saturated rings. The highest BCUT2D eigenvalue weighted by Crippen LogP contribution is 2.43. The molecule has 8 N–H and O–H groups in total. The number of aliphatic hydroxyl groups excluding tert-OH is 6. The van der Waals surface area contributed by atoms with E-state index in [1.807, 2.05) is 0 Å². The van der Waals surface area contributed by atoms with Gasteiger partial charge in [0.2, 0.25) is 6.29 Å². The van der Waals surface area contributed by atoms with Crippen LogP contribution in [0, 0.1) is 0 Å². The average molecular weight is 581 g/mol. The molecule has 2 unspecified atom stereocenters. The van der Waals surface area contributed by atoms with Crippen LogP contribution >= 0.6 is 0 Å². The van der Waals surface area contributed by atoms with Crippen molar-refractivity contribution < 1.29 is 69.3 Å². The Labute approximate surface area is 233 Å². The second-order valence-electron chi connectivity index (χ2n) is 10.2. The molecule has 0 amide bonds. The van der Waals surface area contributed by atoms with Crippen molar-refractivity contribution in [2.24, 2.45) is 0 Å². The molecule has 41 heavy (non-hydrogen) atoms. The van der Waals surface area contributed by atoms with Gasteiger partial charge in [-0.1, -0.05) is 12.1 Å². The third kappa shape index (κ3) is 5.70. The van der Waals surface area contributed by atoms with Crippen LogP contribution in [0.2, 0.25) is 0 Å². The van der Waals surface area contributed by atoms with Gasteiger partial charge in [-0.2, -0.15) is 0 Å². The second kappa shape index (κ2) is 11.7. The van der Waals surface area contributed by atoms with E-state index in [1.165, 1.54) is 25.1 Å². The van der Waals surface area contributed by atoms with Crippen molar-refractivity contribution in [3.63, 3.8) is 0 Å². The van der Waals surface area contributed by atoms with Gasteiger partial charge in [-0.25, -0.2) is 0 Å². The Balaban J connectivity index is 1.41. The summed E-state index contributed by atoms with van der Waals surface area (Å²) in [4.78, 5) is 12.9. The van der Waals surface area contributed by atoms with E-state index < -0.39 is 85.7 Å². The lowest BCUT2D eigenvalue weighted by atomic mass is 9.95. The van der Waals surface area contributed by atoms with Crippen LogP contribution in [0.15, 0.2) is 36.4 Å². The number of hydrogen-bond donors (Lipinski definition) is 8. The number of aromatic hydroxyl groups is 2. The molecule has 0 radical (unpaired) electrons. The second-order valence-corrected chi connectivity index (χ2v) is 10.2. The first-order chi connectivity index (χ1) is 19.5. The van der Waals surface area contributed by atoms with Crippen LogP contribution in [0.4, 0.5) is 0 Å². The summed E-state index contributed by atoms with van der Waals surface area (Å²) in [7, 11) is 0. The predicted molar refractivity (Wildman–Crippen MR) is 134 cm³/mol. The van der Waals surface area contributed by atoms with E-state index in [9.17, 15) is 45.6 Å². The van der Waals surface area contributed by atoms with E-state index in [-0.39, 0.29) is 29.2 Å². The summed E-state index contributed by atoms with van der Waals surface area (Å²) < 4.78 is 28.6. The van der Waals surface area contributed by atoms with E-state index >= 15 is 0 Å². The number of carbonyl (C=O) groups excluding carboxylic acids is 1. The lowest BCUT2D eigenvalue weighted by Gasteiger charge is -2.45. The molecule has 14 heteroatoms. The van der Waals surface area contributed by atoms with Gasteiger partial charge in [0, 0.05) is 12.1 Å². The summed E-state index contributed by atoms with van der Waals surface area (Å²) in [6.45, 7) is 0.716. The molecule has 2 aromatic rings. The summed E-state index contributed by atoms with van der Waals surface area (Å²) in [6, 6.07) is 8.50. The third-order valence-electron chi connectivity index (χ3n) is 7.42. The molecule has 0 bridgehead atoms. The normalized spacial score (nSPS) is 37.2. The first kappa shape index (κ1) is 29.4. The first-order valence-electron chi connectivity index (χ1n) is 13.0. The number of hydrogen-bond acceptors (Lipinski definition) is 14. The molecule has 0 aromatic heterocycles. The topological polar surface area (TPSA) is 225 Å². The largest absolute Gasteiger partial charge is 0.508 e. The lowest BCUT2D eigenvalue weighted by Crippen LogP contribution is -2.64. The molecule has 0 spiro atoms. The van der Waals surface area contributed by atoms with Crippen LogP contribution < -0.4 is 9.47 Å². The maximum atomic E-state index is 12.9. The summed E-state index contributed by atoms with van der Waals surface area (Å²) in [5.41, 5.74) is 0.529. The number of Topliss-reactive ketones (excluding diaryl/α,β-unsaturated/α-hetero) is 1. The minimum atomic E-state index is -1.75. The number of ketones is 1. The average Bonchev–Trinajstić information content (AvgIpc) is 2.94. The van der Waals surface area contributed by atoms with Crippen molar-refractivity contribution in [1.82, 2.24) is 0 Å². The zero-order valence-electron chi connectivity index (χ0n) is 21.8. The van der Waals surface area contributed by atoms with Crippen molar-refractivity contribution in [1.29, 1.82) is 0 Å². The molecular weight excluding hydrogens is 548 g/mol. The maximum Gasteiger partial charge on any atom is 0.229 e. The Morgan fingerprint density at radius 1 is 0.878 bits per heavy atom. The third-order valence-corrected chi connectivity index (χ3v) is 7.42. The molecule has 5 rings (SSSR count). The van der Waals surface area contributed by atoms with Gasteiger partial charge in [-0.3, -0.25) is 4.79 Å². The summed E-state index contributed by atoms with van der Waals surface area (Å²) >= 11 is 0. The van der Waals surface area contributed by atoms with E-state index in [4.69, 9.17) is 23.7 Å². The Morgan fingerprint density at radius 2 is 1.59 bits per heavy atom. The summed E-state index contributed by atoms with van der Waals surface area (Å²) in [5, 5.41) is 81.6. The number of ether oxygens (including phenoxy) is 5. The number of fused-ring (bicyclic) bond motifs is 1. The summed E-state index contributed by atoms with van der Waals surface area (Å²) in [6.07, 6.45) is -16.0. The molecule has 11 atom stereocenters. The number of phenolic OH excluding ortho intramolecular Hbond substituents is 2. The molecular formula is C27H32O14. The number of carbonyl (C=O) groups is 1. The first-order valence-corrected chi connectivity index (χ1v) is 13.0. The van der Waals surface area contributed by atoms with Crippen molar-refractivity contribution in [2.45, 2.75) is 80.9 Å². The van der Waals surface area contributed by atoms with Crippen LogP contribution in [0.5, 0.6) is 23.0 Å². The molecule has 2 saturated heterocycles. The molecule has 0 saturated carbocycles. The van der Waals surface area contributed by atoms with Gasteiger partial charge in [-0.05, 0) is 24.6 Å². The predicted octanol–water partition coefficient (Wildman–Crippen LogP) is -1.17. The number of phenols is 2. The Hall–Kier alpha value is -3.05. The fraction of sp³-hybridized carbons (Fsp3) is 0.519. The molecule has 3 aliphatic heterocycles. The van der Waals surface area contributed by atoms with Gasteiger partial charge in [0.1, 0.15) is 71.3 Å².